The Morgan fingerprint density at radius 1 is 1.21 bits per heavy atom. The predicted octanol–water partition coefficient (Wildman–Crippen LogP) is 3.33. The molecule has 2 atom stereocenters. The first kappa shape index (κ1) is 17.9. The molecule has 3 nitrogen and oxygen atoms in total. The number of rotatable bonds is 8. The van der Waals surface area contributed by atoms with Crippen molar-refractivity contribution in [3.05, 3.63) is 12.7 Å². The minimum Gasteiger partial charge on any atom is -0.369 e. The molecule has 0 saturated heterocycles. The molecular formula is C16H29NO2. The number of amides is 1. The highest BCUT2D eigenvalue weighted by molar-refractivity contribution is 5.91. The van der Waals surface area contributed by atoms with Gasteiger partial charge in [-0.25, -0.2) is 0 Å². The second-order valence-corrected chi connectivity index (χ2v) is 6.73. The van der Waals surface area contributed by atoms with Crippen LogP contribution < -0.4 is 5.73 Å². The molecule has 0 aliphatic carbocycles. The van der Waals surface area contributed by atoms with E-state index in [1.54, 1.807) is 6.08 Å². The summed E-state index contributed by atoms with van der Waals surface area (Å²) in [7, 11) is 0. The molecule has 0 aliphatic heterocycles. The number of primary amides is 1. The molecule has 0 aromatic heterocycles. The maximum atomic E-state index is 12.6. The Hall–Kier alpha value is -1.12. The molecule has 0 aromatic rings. The average Bonchev–Trinajstić information content (AvgIpc) is 2.24. The Labute approximate surface area is 117 Å². The van der Waals surface area contributed by atoms with Gasteiger partial charge in [-0.15, -0.1) is 6.58 Å². The number of hydrogen-bond acceptors (Lipinski definition) is 2. The summed E-state index contributed by atoms with van der Waals surface area (Å²) in [6.45, 7) is 13.5. The number of allylic oxidation sites excluding steroid dienone is 1. The third-order valence-corrected chi connectivity index (χ3v) is 3.33. The highest BCUT2D eigenvalue weighted by Gasteiger charge is 2.37. The van der Waals surface area contributed by atoms with Gasteiger partial charge in [0.1, 0.15) is 5.78 Å². The summed E-state index contributed by atoms with van der Waals surface area (Å²) in [6.07, 6.45) is 3.79. The molecule has 2 N–H and O–H groups in total. The van der Waals surface area contributed by atoms with Gasteiger partial charge in [-0.2, -0.15) is 0 Å². The molecule has 3 heteroatoms. The maximum Gasteiger partial charge on any atom is 0.221 e. The van der Waals surface area contributed by atoms with Crippen molar-refractivity contribution in [3.63, 3.8) is 0 Å². The Kier molecular flexibility index (Phi) is 7.02. The lowest BCUT2D eigenvalue weighted by Gasteiger charge is -2.30. The van der Waals surface area contributed by atoms with E-state index >= 15 is 0 Å². The first-order chi connectivity index (χ1) is 8.61. The molecule has 0 heterocycles. The fourth-order valence-corrected chi connectivity index (χ4v) is 2.36. The number of ketones is 1. The summed E-state index contributed by atoms with van der Waals surface area (Å²) in [5.41, 5.74) is 5.07. The van der Waals surface area contributed by atoms with E-state index in [4.69, 9.17) is 5.73 Å². The average molecular weight is 267 g/mol. The van der Waals surface area contributed by atoms with Crippen LogP contribution in [-0.4, -0.2) is 11.7 Å². The van der Waals surface area contributed by atoms with Crippen molar-refractivity contribution >= 4 is 11.7 Å². The number of nitrogens with two attached hydrogens (primary N) is 1. The number of hydrogen-bond donors (Lipinski definition) is 1. The van der Waals surface area contributed by atoms with Crippen molar-refractivity contribution < 1.29 is 9.59 Å². The van der Waals surface area contributed by atoms with Gasteiger partial charge in [-0.1, -0.05) is 40.7 Å². The van der Waals surface area contributed by atoms with Gasteiger partial charge < -0.3 is 5.73 Å². The molecule has 0 aromatic carbocycles. The molecule has 1 amide bonds. The van der Waals surface area contributed by atoms with E-state index in [-0.39, 0.29) is 23.5 Å². The van der Waals surface area contributed by atoms with Gasteiger partial charge in [0, 0.05) is 17.3 Å². The number of carbonyl (C=O) groups excluding carboxylic acids is 2. The van der Waals surface area contributed by atoms with Gasteiger partial charge in [-0.05, 0) is 25.2 Å². The van der Waals surface area contributed by atoms with Crippen LogP contribution in [0.2, 0.25) is 0 Å². The SMILES string of the molecule is C=CCC[C@H](C(N)=O)[C@@H](CC(C)C)C(=O)C(C)(C)C. The van der Waals surface area contributed by atoms with Crippen molar-refractivity contribution in [2.75, 3.05) is 0 Å². The summed E-state index contributed by atoms with van der Waals surface area (Å²) < 4.78 is 0. The fourth-order valence-electron chi connectivity index (χ4n) is 2.36. The molecule has 110 valence electrons. The molecule has 0 aliphatic rings. The van der Waals surface area contributed by atoms with Crippen molar-refractivity contribution in [2.24, 2.45) is 28.9 Å². The molecule has 19 heavy (non-hydrogen) atoms. The van der Waals surface area contributed by atoms with E-state index in [0.29, 0.717) is 25.2 Å². The molecule has 0 bridgehead atoms. The first-order valence-corrected chi connectivity index (χ1v) is 7.05. The lowest BCUT2D eigenvalue weighted by Crippen LogP contribution is -2.40. The lowest BCUT2D eigenvalue weighted by molar-refractivity contribution is -0.137. The zero-order chi connectivity index (χ0) is 15.2. The normalized spacial score (nSPS) is 15.1. The Bertz CT molecular complexity index is 326. The largest absolute Gasteiger partial charge is 0.369 e. The standard InChI is InChI=1S/C16H29NO2/c1-7-8-9-12(15(17)19)13(10-11(2)3)14(18)16(4,5)6/h7,11-13H,1,8-10H2,2-6H3,(H2,17,19)/t12-,13+/m0/s1. The Morgan fingerprint density at radius 3 is 2.05 bits per heavy atom. The van der Waals surface area contributed by atoms with Crippen molar-refractivity contribution in [3.8, 4) is 0 Å². The predicted molar refractivity (Wildman–Crippen MR) is 79.5 cm³/mol. The smallest absolute Gasteiger partial charge is 0.221 e. The highest BCUT2D eigenvalue weighted by Crippen LogP contribution is 2.32. The van der Waals surface area contributed by atoms with Gasteiger partial charge in [0.25, 0.3) is 0 Å². The second-order valence-electron chi connectivity index (χ2n) is 6.73. The number of Topliss-reactive ketones (excluding diaryl/α,β-unsaturated/α-hetero) is 1. The van der Waals surface area contributed by atoms with Crippen LogP contribution >= 0.6 is 0 Å². The van der Waals surface area contributed by atoms with Crippen LogP contribution in [-0.2, 0) is 9.59 Å². The zero-order valence-corrected chi connectivity index (χ0v) is 13.0. The highest BCUT2D eigenvalue weighted by atomic mass is 16.1. The van der Waals surface area contributed by atoms with E-state index in [0.717, 1.165) is 0 Å². The fraction of sp³-hybridized carbons (Fsp3) is 0.750. The van der Waals surface area contributed by atoms with Crippen LogP contribution in [0.25, 0.3) is 0 Å². The second kappa shape index (κ2) is 7.46. The van der Waals surface area contributed by atoms with Crippen LogP contribution in [0.3, 0.4) is 0 Å². The van der Waals surface area contributed by atoms with Crippen LogP contribution in [0.1, 0.15) is 53.9 Å². The van der Waals surface area contributed by atoms with Gasteiger partial charge in [0.05, 0.1) is 0 Å². The first-order valence-electron chi connectivity index (χ1n) is 7.05. The quantitative estimate of drug-likeness (QED) is 0.686. The molecule has 0 rings (SSSR count). The Balaban J connectivity index is 5.22. The van der Waals surface area contributed by atoms with Crippen molar-refractivity contribution in [1.82, 2.24) is 0 Å². The third kappa shape index (κ3) is 6.04. The Morgan fingerprint density at radius 2 is 1.74 bits per heavy atom. The molecule has 0 fully saturated rings. The van der Waals surface area contributed by atoms with Gasteiger partial charge >= 0.3 is 0 Å². The zero-order valence-electron chi connectivity index (χ0n) is 13.0. The van der Waals surface area contributed by atoms with E-state index in [1.165, 1.54) is 0 Å². The van der Waals surface area contributed by atoms with Gasteiger partial charge in [-0.3, -0.25) is 9.59 Å². The summed E-state index contributed by atoms with van der Waals surface area (Å²) in [5, 5.41) is 0. The summed E-state index contributed by atoms with van der Waals surface area (Å²) in [6, 6.07) is 0. The van der Waals surface area contributed by atoms with E-state index in [2.05, 4.69) is 20.4 Å². The topological polar surface area (TPSA) is 60.2 Å². The van der Waals surface area contributed by atoms with Crippen molar-refractivity contribution in [1.29, 1.82) is 0 Å². The van der Waals surface area contributed by atoms with E-state index < -0.39 is 5.41 Å². The molecule has 0 radical (unpaired) electrons. The van der Waals surface area contributed by atoms with Gasteiger partial charge in [0.2, 0.25) is 5.91 Å². The molecule has 0 saturated carbocycles. The molecular weight excluding hydrogens is 238 g/mol. The molecule has 0 spiro atoms. The van der Waals surface area contributed by atoms with Crippen LogP contribution in [0, 0.1) is 23.2 Å². The minimum absolute atomic E-state index is 0.133. The van der Waals surface area contributed by atoms with Crippen LogP contribution in [0.4, 0.5) is 0 Å². The molecule has 0 unspecified atom stereocenters. The monoisotopic (exact) mass is 267 g/mol. The summed E-state index contributed by atoms with van der Waals surface area (Å²) >= 11 is 0. The minimum atomic E-state index is -0.443. The number of carbonyl (C=O) groups is 2. The van der Waals surface area contributed by atoms with Crippen LogP contribution in [0.5, 0.6) is 0 Å². The van der Waals surface area contributed by atoms with Gasteiger partial charge in [0.15, 0.2) is 0 Å². The summed E-state index contributed by atoms with van der Waals surface area (Å²) in [5.74, 6) is -0.536. The van der Waals surface area contributed by atoms with Crippen LogP contribution in [0.15, 0.2) is 12.7 Å². The van der Waals surface area contributed by atoms with E-state index in [9.17, 15) is 9.59 Å². The van der Waals surface area contributed by atoms with Crippen molar-refractivity contribution in [2.45, 2.75) is 53.9 Å². The van der Waals surface area contributed by atoms with E-state index in [1.807, 2.05) is 20.8 Å². The maximum absolute atomic E-state index is 12.6. The lowest BCUT2D eigenvalue weighted by atomic mass is 9.72. The summed E-state index contributed by atoms with van der Waals surface area (Å²) in [4.78, 5) is 24.3. The third-order valence-electron chi connectivity index (χ3n) is 3.33.